The second-order valence-electron chi connectivity index (χ2n) is 2.16. The van der Waals surface area contributed by atoms with Gasteiger partial charge < -0.3 is 0 Å². The first kappa shape index (κ1) is 7.51. The van der Waals surface area contributed by atoms with Crippen LogP contribution in [0.1, 0.15) is 0 Å². The van der Waals surface area contributed by atoms with Crippen LogP contribution in [0, 0.1) is 0 Å². The van der Waals surface area contributed by atoms with Crippen molar-refractivity contribution in [3.63, 3.8) is 0 Å². The van der Waals surface area contributed by atoms with E-state index in [1.165, 1.54) is 0 Å². The van der Waals surface area contributed by atoms with Crippen LogP contribution in [0.5, 0.6) is 0 Å². The molecule has 0 spiro atoms. The van der Waals surface area contributed by atoms with E-state index in [1.807, 2.05) is 0 Å². The van der Waals surface area contributed by atoms with Gasteiger partial charge in [-0.15, -0.1) is 0 Å². The van der Waals surface area contributed by atoms with Crippen LogP contribution in [0.2, 0.25) is 4.82 Å². The van der Waals surface area contributed by atoms with E-state index in [-0.39, 0.29) is 11.4 Å². The first-order valence-electron chi connectivity index (χ1n) is 2.84. The number of aliphatic hydroxyl groups is 2. The van der Waals surface area contributed by atoms with Crippen molar-refractivity contribution in [3.05, 3.63) is 0 Å². The summed E-state index contributed by atoms with van der Waals surface area (Å²) in [5, 5.41) is 18.1. The third kappa shape index (κ3) is 1.66. The van der Waals surface area contributed by atoms with Gasteiger partial charge in [-0.05, 0) is 0 Å². The van der Waals surface area contributed by atoms with Gasteiger partial charge in [-0.2, -0.15) is 0 Å². The molecule has 2 N–H and O–H groups in total. The van der Waals surface area contributed by atoms with Gasteiger partial charge in [0.2, 0.25) is 0 Å². The Morgan fingerprint density at radius 2 is 2.00 bits per heavy atom. The zero-order valence-corrected chi connectivity index (χ0v) is 6.77. The third-order valence-electron chi connectivity index (χ3n) is 1.37. The summed E-state index contributed by atoms with van der Waals surface area (Å²) in [6.45, 7) is 0.785. The average molecular weight is 197 g/mol. The SMILES string of the molecule is O[C@H]1[C@H](O)COC[C@@H]1[SeH]. The van der Waals surface area contributed by atoms with Crippen molar-refractivity contribution in [2.45, 2.75) is 17.0 Å². The molecule has 1 aliphatic rings. The average Bonchev–Trinajstić information content (AvgIpc) is 1.83. The molecular weight excluding hydrogens is 187 g/mol. The van der Waals surface area contributed by atoms with Gasteiger partial charge in [0, 0.05) is 0 Å². The number of rotatable bonds is 0. The molecule has 54 valence electrons. The van der Waals surface area contributed by atoms with E-state index < -0.39 is 12.2 Å². The maximum absolute atomic E-state index is 9.10. The molecule has 0 saturated carbocycles. The van der Waals surface area contributed by atoms with Crippen molar-refractivity contribution in [2.75, 3.05) is 13.2 Å². The molecule has 0 aromatic carbocycles. The Labute approximate surface area is 61.8 Å². The van der Waals surface area contributed by atoms with Crippen molar-refractivity contribution >= 4 is 16.0 Å². The molecule has 0 aromatic heterocycles. The van der Waals surface area contributed by atoms with E-state index in [4.69, 9.17) is 14.9 Å². The summed E-state index contributed by atoms with van der Waals surface area (Å²) >= 11 is 2.29. The van der Waals surface area contributed by atoms with Crippen LogP contribution in [0.3, 0.4) is 0 Å². The molecule has 0 radical (unpaired) electrons. The fourth-order valence-electron chi connectivity index (χ4n) is 0.763. The normalized spacial score (nSPS) is 45.0. The molecule has 1 aliphatic heterocycles. The summed E-state index contributed by atoms with van der Waals surface area (Å²) in [4.78, 5) is 0.00116. The molecule has 0 aliphatic carbocycles. The molecule has 0 amide bonds. The Morgan fingerprint density at radius 3 is 2.44 bits per heavy atom. The second-order valence-corrected chi connectivity index (χ2v) is 3.55. The van der Waals surface area contributed by atoms with Gasteiger partial charge in [0.05, 0.1) is 0 Å². The molecule has 1 heterocycles. The number of hydrogen-bond donors (Lipinski definition) is 2. The number of aliphatic hydroxyl groups excluding tert-OH is 2. The summed E-state index contributed by atoms with van der Waals surface area (Å²) in [5.41, 5.74) is 0. The van der Waals surface area contributed by atoms with Crippen molar-refractivity contribution in [1.29, 1.82) is 0 Å². The van der Waals surface area contributed by atoms with Crippen LogP contribution in [-0.2, 0) is 4.74 Å². The molecule has 0 unspecified atom stereocenters. The van der Waals surface area contributed by atoms with Crippen molar-refractivity contribution in [3.8, 4) is 0 Å². The predicted octanol–water partition coefficient (Wildman–Crippen LogP) is -1.57. The minimum atomic E-state index is -0.702. The predicted molar refractivity (Wildman–Crippen MR) is 33.7 cm³/mol. The Hall–Kier alpha value is 0.399. The van der Waals surface area contributed by atoms with Gasteiger partial charge in [-0.3, -0.25) is 0 Å². The first-order chi connectivity index (χ1) is 4.22. The van der Waals surface area contributed by atoms with Crippen molar-refractivity contribution < 1.29 is 14.9 Å². The molecular formula is C5H10O3Se. The fraction of sp³-hybridized carbons (Fsp3) is 1.00. The summed E-state index contributed by atoms with van der Waals surface area (Å²) in [6.07, 6.45) is -1.33. The molecule has 1 rings (SSSR count). The van der Waals surface area contributed by atoms with Crippen LogP contribution in [0.15, 0.2) is 0 Å². The Morgan fingerprint density at radius 1 is 1.33 bits per heavy atom. The van der Waals surface area contributed by atoms with Gasteiger partial charge in [-0.1, -0.05) is 0 Å². The summed E-state index contributed by atoms with van der Waals surface area (Å²) in [7, 11) is 0. The molecule has 9 heavy (non-hydrogen) atoms. The Bertz CT molecular complexity index is 88.2. The van der Waals surface area contributed by atoms with E-state index in [1.54, 1.807) is 0 Å². The molecule has 1 saturated heterocycles. The fourth-order valence-corrected chi connectivity index (χ4v) is 1.40. The summed E-state index contributed by atoms with van der Waals surface area (Å²) < 4.78 is 4.94. The van der Waals surface area contributed by atoms with Gasteiger partial charge in [0.15, 0.2) is 0 Å². The van der Waals surface area contributed by atoms with E-state index >= 15 is 0 Å². The van der Waals surface area contributed by atoms with E-state index in [0.717, 1.165) is 0 Å². The zero-order chi connectivity index (χ0) is 6.85. The quantitative estimate of drug-likeness (QED) is 0.461. The zero-order valence-electron chi connectivity index (χ0n) is 4.90. The van der Waals surface area contributed by atoms with E-state index in [2.05, 4.69) is 16.0 Å². The van der Waals surface area contributed by atoms with Crippen molar-refractivity contribution in [1.82, 2.24) is 0 Å². The van der Waals surface area contributed by atoms with Crippen LogP contribution in [0.4, 0.5) is 0 Å². The van der Waals surface area contributed by atoms with Crippen molar-refractivity contribution in [2.24, 2.45) is 0 Å². The minimum absolute atomic E-state index is 0.00116. The molecule has 0 aromatic rings. The maximum atomic E-state index is 9.10. The summed E-state index contributed by atoms with van der Waals surface area (Å²) in [6, 6.07) is 0. The molecule has 3 atom stereocenters. The summed E-state index contributed by atoms with van der Waals surface area (Å²) in [5.74, 6) is 0. The van der Waals surface area contributed by atoms with Crippen LogP contribution in [-0.4, -0.2) is 51.6 Å². The number of ether oxygens (including phenoxy) is 1. The van der Waals surface area contributed by atoms with Gasteiger partial charge in [-0.25, -0.2) is 0 Å². The van der Waals surface area contributed by atoms with Gasteiger partial charge in [0.1, 0.15) is 0 Å². The molecule has 3 nitrogen and oxygen atoms in total. The molecule has 4 heteroatoms. The standard InChI is InChI=1S/C5H10O3Se/c6-3-1-8-2-4(9)5(3)7/h3-7,9H,1-2H2/t3-,4+,5+/m1/s1. The van der Waals surface area contributed by atoms with Crippen LogP contribution < -0.4 is 0 Å². The van der Waals surface area contributed by atoms with Gasteiger partial charge in [0.25, 0.3) is 0 Å². The monoisotopic (exact) mass is 198 g/mol. The van der Waals surface area contributed by atoms with E-state index in [0.29, 0.717) is 6.61 Å². The molecule has 1 fully saturated rings. The van der Waals surface area contributed by atoms with Crippen LogP contribution in [0.25, 0.3) is 0 Å². The Kier molecular flexibility index (Phi) is 2.49. The molecule has 0 bridgehead atoms. The second kappa shape index (κ2) is 2.99. The Balaban J connectivity index is 2.41. The van der Waals surface area contributed by atoms with Crippen LogP contribution >= 0.6 is 0 Å². The van der Waals surface area contributed by atoms with E-state index in [9.17, 15) is 0 Å². The number of hydrogen-bond acceptors (Lipinski definition) is 3. The first-order valence-corrected chi connectivity index (χ1v) is 3.92. The van der Waals surface area contributed by atoms with Gasteiger partial charge >= 0.3 is 61.2 Å². The topological polar surface area (TPSA) is 49.7 Å². The third-order valence-corrected chi connectivity index (χ3v) is 2.32.